The molecule has 0 amide bonds. The summed E-state index contributed by atoms with van der Waals surface area (Å²) < 4.78 is 31.9. The lowest BCUT2D eigenvalue weighted by Crippen LogP contribution is -2.40. The number of halogens is 1. The second-order valence-electron chi connectivity index (χ2n) is 7.54. The number of carbonyl (C=O) groups is 3. The van der Waals surface area contributed by atoms with Gasteiger partial charge in [-0.05, 0) is 20.8 Å². The third-order valence-corrected chi connectivity index (χ3v) is 4.50. The molecule has 0 aromatic carbocycles. The van der Waals surface area contributed by atoms with E-state index in [9.17, 15) is 14.4 Å². The van der Waals surface area contributed by atoms with Gasteiger partial charge in [0.1, 0.15) is 19.8 Å². The van der Waals surface area contributed by atoms with Gasteiger partial charge < -0.3 is 28.4 Å². The van der Waals surface area contributed by atoms with E-state index in [0.29, 0.717) is 16.7 Å². The topological polar surface area (TPSA) is 107 Å². The van der Waals surface area contributed by atoms with Gasteiger partial charge in [-0.25, -0.2) is 14.4 Å². The molecule has 0 atom stereocenters. The number of esters is 3. The quantitative estimate of drug-likeness (QED) is 0.0887. The highest BCUT2D eigenvalue weighted by Gasteiger charge is 2.31. The van der Waals surface area contributed by atoms with Crippen LogP contribution in [0.1, 0.15) is 20.8 Å². The summed E-state index contributed by atoms with van der Waals surface area (Å²) >= 11 is 6.21. The number of hydrogen-bond donors (Lipinski definition) is 0. The fraction of sp³-hybridized carbons (Fsp3) is 0.609. The Hall–Kier alpha value is -2.20. The Bertz CT molecular complexity index is 599. The van der Waals surface area contributed by atoms with Gasteiger partial charge in [0, 0.05) is 22.6 Å². The van der Waals surface area contributed by atoms with Crippen LogP contribution in [0, 0.1) is 5.41 Å². The van der Waals surface area contributed by atoms with E-state index in [0.717, 1.165) is 0 Å². The Balaban J connectivity index is 4.64. The van der Waals surface area contributed by atoms with E-state index >= 15 is 0 Å². The molecule has 9 nitrogen and oxygen atoms in total. The summed E-state index contributed by atoms with van der Waals surface area (Å²) in [6, 6.07) is 0. The van der Waals surface area contributed by atoms with Crippen LogP contribution < -0.4 is 0 Å². The monoisotopic (exact) mass is 490 g/mol. The van der Waals surface area contributed by atoms with E-state index in [4.69, 9.17) is 40.0 Å². The van der Waals surface area contributed by atoms with Gasteiger partial charge in [-0.15, -0.1) is 11.6 Å². The van der Waals surface area contributed by atoms with E-state index in [1.807, 2.05) is 0 Å². The van der Waals surface area contributed by atoms with Crippen LogP contribution >= 0.6 is 11.6 Å². The summed E-state index contributed by atoms with van der Waals surface area (Å²) in [6.45, 7) is 16.2. The van der Waals surface area contributed by atoms with Crippen molar-refractivity contribution in [1.82, 2.24) is 0 Å². The molecule has 0 radical (unpaired) electrons. The van der Waals surface area contributed by atoms with Gasteiger partial charge in [0.15, 0.2) is 0 Å². The first kappa shape index (κ1) is 30.8. The van der Waals surface area contributed by atoms with Gasteiger partial charge in [0.25, 0.3) is 0 Å². The summed E-state index contributed by atoms with van der Waals surface area (Å²) in [7, 11) is 0. The normalized spacial score (nSPS) is 10.9. The number of carbonyl (C=O) groups excluding carboxylic acids is 3. The zero-order valence-electron chi connectivity index (χ0n) is 19.7. The Morgan fingerprint density at radius 3 is 1.09 bits per heavy atom. The molecular formula is C23H35ClO9. The number of alkyl halides is 1. The summed E-state index contributed by atoms with van der Waals surface area (Å²) in [5.74, 6) is -1.36. The maximum Gasteiger partial charge on any atom is 0.333 e. The average molecular weight is 491 g/mol. The van der Waals surface area contributed by atoms with Crippen LogP contribution in [0.25, 0.3) is 0 Å². The van der Waals surface area contributed by atoms with E-state index in [1.165, 1.54) is 0 Å². The van der Waals surface area contributed by atoms with Crippen molar-refractivity contribution >= 4 is 29.5 Å². The molecule has 188 valence electrons. The van der Waals surface area contributed by atoms with Gasteiger partial charge in [-0.3, -0.25) is 0 Å². The molecule has 0 bridgehead atoms. The Morgan fingerprint density at radius 2 is 0.879 bits per heavy atom. The van der Waals surface area contributed by atoms with Crippen molar-refractivity contribution in [2.24, 2.45) is 5.41 Å². The van der Waals surface area contributed by atoms with Crippen LogP contribution in [0.2, 0.25) is 0 Å². The predicted molar refractivity (Wildman–Crippen MR) is 123 cm³/mol. The maximum atomic E-state index is 11.4. The minimum absolute atomic E-state index is 0.0550. The van der Waals surface area contributed by atoms with Gasteiger partial charge in [0.2, 0.25) is 0 Å². The zero-order chi connectivity index (χ0) is 25.3. The lowest BCUT2D eigenvalue weighted by atomic mass is 9.94. The minimum Gasteiger partial charge on any atom is -0.460 e. The summed E-state index contributed by atoms with van der Waals surface area (Å²) in [5, 5.41) is 0. The van der Waals surface area contributed by atoms with Crippen molar-refractivity contribution in [1.29, 1.82) is 0 Å². The van der Waals surface area contributed by atoms with Crippen molar-refractivity contribution in [2.45, 2.75) is 20.8 Å². The average Bonchev–Trinajstić information content (AvgIpc) is 2.76. The number of hydrogen-bond acceptors (Lipinski definition) is 9. The Labute approximate surface area is 200 Å². The van der Waals surface area contributed by atoms with Crippen molar-refractivity contribution in [3.63, 3.8) is 0 Å². The van der Waals surface area contributed by atoms with Crippen LogP contribution in [-0.4, -0.2) is 83.2 Å². The molecule has 0 aliphatic carbocycles. The van der Waals surface area contributed by atoms with E-state index in [2.05, 4.69) is 19.7 Å². The third-order valence-electron chi connectivity index (χ3n) is 3.94. The largest absolute Gasteiger partial charge is 0.460 e. The van der Waals surface area contributed by atoms with Crippen LogP contribution in [0.15, 0.2) is 36.5 Å². The standard InChI is InChI=1S/C23H35ClO9/c1-17(2)20(25)31-10-7-28-14-23(13-24,15-29-8-11-32-21(26)18(3)4)16-30-9-12-33-22(27)19(5)6/h1,3,5,7-16H2,2,4,6H3. The Morgan fingerprint density at radius 1 is 0.606 bits per heavy atom. The lowest BCUT2D eigenvalue weighted by molar-refractivity contribution is -0.142. The zero-order valence-corrected chi connectivity index (χ0v) is 20.5. The number of ether oxygens (including phenoxy) is 6. The Kier molecular flexibility index (Phi) is 16.1. The molecule has 0 heterocycles. The lowest BCUT2D eigenvalue weighted by Gasteiger charge is -2.31. The second kappa shape index (κ2) is 17.3. The minimum atomic E-state index is -0.739. The molecule has 0 fully saturated rings. The van der Waals surface area contributed by atoms with Crippen molar-refractivity contribution in [2.75, 3.05) is 65.3 Å². The molecule has 10 heteroatoms. The van der Waals surface area contributed by atoms with Gasteiger partial charge >= 0.3 is 17.9 Å². The molecule has 0 unspecified atom stereocenters. The first-order valence-electron chi connectivity index (χ1n) is 10.3. The summed E-state index contributed by atoms with van der Waals surface area (Å²) in [6.07, 6.45) is 0. The van der Waals surface area contributed by atoms with Gasteiger partial charge in [-0.2, -0.15) is 0 Å². The second-order valence-corrected chi connectivity index (χ2v) is 7.81. The van der Waals surface area contributed by atoms with Crippen molar-refractivity contribution in [3.05, 3.63) is 36.5 Å². The third kappa shape index (κ3) is 14.5. The van der Waals surface area contributed by atoms with Crippen LogP contribution in [0.5, 0.6) is 0 Å². The van der Waals surface area contributed by atoms with Crippen LogP contribution in [0.3, 0.4) is 0 Å². The highest BCUT2D eigenvalue weighted by Crippen LogP contribution is 2.22. The molecular weight excluding hydrogens is 456 g/mol. The molecule has 0 aliphatic rings. The molecule has 33 heavy (non-hydrogen) atoms. The molecule has 0 saturated carbocycles. The van der Waals surface area contributed by atoms with Gasteiger partial charge in [0.05, 0.1) is 45.1 Å². The van der Waals surface area contributed by atoms with E-state index in [1.54, 1.807) is 20.8 Å². The summed E-state index contributed by atoms with van der Waals surface area (Å²) in [4.78, 5) is 34.3. The number of rotatable bonds is 19. The molecule has 0 saturated heterocycles. The highest BCUT2D eigenvalue weighted by molar-refractivity contribution is 6.18. The molecule has 0 spiro atoms. The summed E-state index contributed by atoms with van der Waals surface area (Å²) in [5.41, 5.74) is 0.154. The van der Waals surface area contributed by atoms with Crippen molar-refractivity contribution in [3.8, 4) is 0 Å². The van der Waals surface area contributed by atoms with Crippen LogP contribution in [0.4, 0.5) is 0 Å². The van der Waals surface area contributed by atoms with E-state index < -0.39 is 23.3 Å². The maximum absolute atomic E-state index is 11.4. The van der Waals surface area contributed by atoms with E-state index in [-0.39, 0.29) is 65.3 Å². The molecule has 0 aromatic rings. The molecule has 0 aromatic heterocycles. The predicted octanol–water partition coefficient (Wildman–Crippen LogP) is 2.62. The SMILES string of the molecule is C=C(C)C(=O)OCCOCC(CCl)(COCCOC(=O)C(=C)C)COCCOC(=O)C(=C)C. The van der Waals surface area contributed by atoms with Gasteiger partial charge in [-0.1, -0.05) is 19.7 Å². The fourth-order valence-corrected chi connectivity index (χ4v) is 2.29. The first-order chi connectivity index (χ1) is 15.5. The molecule has 0 aliphatic heterocycles. The fourth-order valence-electron chi connectivity index (χ4n) is 2.06. The molecule has 0 N–H and O–H groups in total. The molecule has 0 rings (SSSR count). The van der Waals surface area contributed by atoms with Crippen LogP contribution in [-0.2, 0) is 42.8 Å². The van der Waals surface area contributed by atoms with Crippen molar-refractivity contribution < 1.29 is 42.8 Å². The first-order valence-corrected chi connectivity index (χ1v) is 10.8. The highest BCUT2D eigenvalue weighted by atomic mass is 35.5. The smallest absolute Gasteiger partial charge is 0.333 e.